The number of guanidine groups is 1. The first kappa shape index (κ1) is 19.1. The second kappa shape index (κ2) is 6.64. The molecule has 1 fully saturated rings. The van der Waals surface area contributed by atoms with Crippen LogP contribution in [-0.4, -0.2) is 95.3 Å². The van der Waals surface area contributed by atoms with E-state index in [0.717, 1.165) is 19.0 Å². The molecule has 21 heavy (non-hydrogen) atoms. The summed E-state index contributed by atoms with van der Waals surface area (Å²) in [4.78, 5) is 4.26. The van der Waals surface area contributed by atoms with E-state index in [9.17, 15) is 0 Å². The monoisotopic (exact) mass is 405 g/mol. The number of hydrogen-bond donors (Lipinski definition) is 0. The van der Waals surface area contributed by atoms with Crippen molar-refractivity contribution in [2.75, 3.05) is 41.3 Å². The predicted molar refractivity (Wildman–Crippen MR) is 93.5 cm³/mol. The topological polar surface area (TPSA) is 25.3 Å². The molecule has 1 aliphatic heterocycles. The van der Waals surface area contributed by atoms with Gasteiger partial charge in [0.1, 0.15) is 0 Å². The van der Waals surface area contributed by atoms with Gasteiger partial charge in [-0.15, -0.1) is 0 Å². The molecule has 0 spiro atoms. The van der Waals surface area contributed by atoms with Crippen LogP contribution in [0.4, 0.5) is 0 Å². The molecule has 0 aromatic heterocycles. The molecule has 124 valence electrons. The molecule has 0 saturated carbocycles. The van der Waals surface area contributed by atoms with E-state index in [0.29, 0.717) is 0 Å². The van der Waals surface area contributed by atoms with Gasteiger partial charge in [-0.25, -0.2) is 0 Å². The Hall–Kier alpha value is 0.00818. The summed E-state index contributed by atoms with van der Waals surface area (Å²) in [5, 5.41) is 0. The van der Waals surface area contributed by atoms with E-state index in [1.54, 1.807) is 0 Å². The minimum atomic E-state index is -2.09. The third-order valence-corrected chi connectivity index (χ3v) is 11.5. The fourth-order valence-corrected chi connectivity index (χ4v) is 9.91. The molecule has 0 aromatic rings. The molecule has 0 aromatic carbocycles. The molecule has 6 heteroatoms. The Labute approximate surface area is 140 Å². The molecule has 0 N–H and O–H groups in total. The van der Waals surface area contributed by atoms with E-state index in [1.165, 1.54) is 0 Å². The van der Waals surface area contributed by atoms with Crippen LogP contribution in [-0.2, 0) is 0 Å². The van der Waals surface area contributed by atoms with Crippen molar-refractivity contribution in [1.82, 2.24) is 15.9 Å². The van der Waals surface area contributed by atoms with E-state index < -0.39 is 21.0 Å². The van der Waals surface area contributed by atoms with Gasteiger partial charge in [0.25, 0.3) is 0 Å². The van der Waals surface area contributed by atoms with Gasteiger partial charge in [0.05, 0.1) is 0 Å². The summed E-state index contributed by atoms with van der Waals surface area (Å²) in [5.41, 5.74) is 0.381. The molecule has 1 saturated heterocycles. The Morgan fingerprint density at radius 2 is 1.14 bits per heavy atom. The average Bonchev–Trinajstić information content (AvgIpc) is 2.67. The van der Waals surface area contributed by atoms with Crippen LogP contribution in [0.25, 0.3) is 0 Å². The molecule has 0 atom stereocenters. The van der Waals surface area contributed by atoms with Crippen molar-refractivity contribution < 1.29 is 0 Å². The van der Waals surface area contributed by atoms with Gasteiger partial charge < -0.3 is 0 Å². The summed E-state index contributed by atoms with van der Waals surface area (Å²) >= 11 is -2.09. The van der Waals surface area contributed by atoms with Crippen LogP contribution in [0.3, 0.4) is 0 Å². The van der Waals surface area contributed by atoms with Crippen LogP contribution in [0.5, 0.6) is 0 Å². The predicted octanol–water partition coefficient (Wildman–Crippen LogP) is 1.67. The van der Waals surface area contributed by atoms with Crippen LogP contribution in [0.2, 0.25) is 0 Å². The van der Waals surface area contributed by atoms with Gasteiger partial charge in [0.2, 0.25) is 0 Å². The van der Waals surface area contributed by atoms with Crippen molar-refractivity contribution in [3.05, 3.63) is 0 Å². The summed E-state index contributed by atoms with van der Waals surface area (Å²) in [5.74, 6) is 1.09. The second-order valence-corrected chi connectivity index (χ2v) is 12.9. The first-order valence-electron chi connectivity index (χ1n) is 7.64. The maximum atomic E-state index is 5.27. The quantitative estimate of drug-likeness (QED) is 0.376. The van der Waals surface area contributed by atoms with Gasteiger partial charge in [-0.2, -0.15) is 0 Å². The summed E-state index contributed by atoms with van der Waals surface area (Å²) in [6.07, 6.45) is 0. The Balaban J connectivity index is 3.22. The van der Waals surface area contributed by atoms with Crippen molar-refractivity contribution in [3.63, 3.8) is 0 Å². The van der Waals surface area contributed by atoms with E-state index in [-0.39, 0.29) is 11.1 Å². The van der Waals surface area contributed by atoms with E-state index >= 15 is 0 Å². The minimum absolute atomic E-state index is 0.191. The standard InChI is InChI=1S/C10H22N2.C5H12N3.Sb/c1-9(2,3)11-7-8-12-10(4,5)6;1-7(2)5(6)8(3)4;/h7-8H2,1-6H3;1-4H3;/q-2;-1;+3. The fraction of sp³-hybridized carbons (Fsp3) is 0.933. The van der Waals surface area contributed by atoms with Crippen LogP contribution in [0, 0.1) is 0 Å². The van der Waals surface area contributed by atoms with E-state index in [2.05, 4.69) is 85.7 Å². The summed E-state index contributed by atoms with van der Waals surface area (Å²) in [6.45, 7) is 16.2. The van der Waals surface area contributed by atoms with Gasteiger partial charge in [0, 0.05) is 0 Å². The summed E-state index contributed by atoms with van der Waals surface area (Å²) in [6, 6.07) is 0. The summed E-state index contributed by atoms with van der Waals surface area (Å²) < 4.78 is 10.6. The van der Waals surface area contributed by atoms with Crippen LogP contribution in [0.15, 0.2) is 3.15 Å². The Morgan fingerprint density at radius 1 is 0.810 bits per heavy atom. The Kier molecular flexibility index (Phi) is 6.02. The maximum absolute atomic E-state index is 5.27. The second-order valence-electron chi connectivity index (χ2n) is 8.05. The van der Waals surface area contributed by atoms with Gasteiger partial charge in [-0.3, -0.25) is 0 Å². The first-order valence-corrected chi connectivity index (χ1v) is 11.1. The van der Waals surface area contributed by atoms with Gasteiger partial charge in [-0.05, 0) is 0 Å². The molecular formula is C15H34N5Sb. The molecule has 5 nitrogen and oxygen atoms in total. The fourth-order valence-electron chi connectivity index (χ4n) is 2.47. The number of rotatable bonds is 1. The molecule has 0 unspecified atom stereocenters. The van der Waals surface area contributed by atoms with Crippen molar-refractivity contribution in [1.29, 1.82) is 0 Å². The molecule has 0 amide bonds. The molecular weight excluding hydrogens is 372 g/mol. The Morgan fingerprint density at radius 3 is 1.38 bits per heavy atom. The number of nitrogens with zero attached hydrogens (tertiary/aromatic N) is 5. The molecule has 0 aliphatic carbocycles. The molecule has 1 aliphatic rings. The van der Waals surface area contributed by atoms with Crippen LogP contribution in [0.1, 0.15) is 41.5 Å². The zero-order valence-corrected chi connectivity index (χ0v) is 18.2. The third kappa shape index (κ3) is 4.74. The Bertz CT molecular complexity index is 347. The van der Waals surface area contributed by atoms with Crippen molar-refractivity contribution in [3.8, 4) is 0 Å². The van der Waals surface area contributed by atoms with Crippen LogP contribution >= 0.6 is 0 Å². The van der Waals surface area contributed by atoms with E-state index in [1.807, 2.05) is 0 Å². The molecule has 1 heterocycles. The van der Waals surface area contributed by atoms with Crippen LogP contribution < -0.4 is 0 Å². The van der Waals surface area contributed by atoms with Gasteiger partial charge in [0.15, 0.2) is 0 Å². The number of hydrogen-bond acceptors (Lipinski definition) is 3. The third-order valence-electron chi connectivity index (χ3n) is 3.48. The molecule has 0 radical (unpaired) electrons. The van der Waals surface area contributed by atoms with Crippen molar-refractivity contribution in [2.24, 2.45) is 3.15 Å². The van der Waals surface area contributed by atoms with E-state index in [4.69, 9.17) is 3.15 Å². The molecule has 1 rings (SSSR count). The van der Waals surface area contributed by atoms with Crippen molar-refractivity contribution >= 4 is 27.0 Å². The van der Waals surface area contributed by atoms with Crippen molar-refractivity contribution in [2.45, 2.75) is 52.6 Å². The normalized spacial score (nSPS) is 19.0. The van der Waals surface area contributed by atoms with Gasteiger partial charge in [-0.1, -0.05) is 0 Å². The summed E-state index contributed by atoms with van der Waals surface area (Å²) in [7, 11) is 8.33. The average molecular weight is 406 g/mol. The zero-order valence-electron chi connectivity index (χ0n) is 15.6. The zero-order chi connectivity index (χ0) is 16.6. The van der Waals surface area contributed by atoms with Gasteiger partial charge >= 0.3 is 140 Å². The first-order chi connectivity index (χ1) is 9.35. The molecule has 0 bridgehead atoms. The SMILES string of the molecule is CN(C)C(=[N][Sb]1[N](C(C)(C)C)CC[N]1C(C)(C)C)N(C)C.